The van der Waals surface area contributed by atoms with Gasteiger partial charge in [-0.15, -0.1) is 0 Å². The quantitative estimate of drug-likeness (QED) is 0.504. The van der Waals surface area contributed by atoms with Crippen molar-refractivity contribution >= 4 is 31.5 Å². The van der Waals surface area contributed by atoms with Gasteiger partial charge in [0.1, 0.15) is 17.5 Å². The zero-order valence-corrected chi connectivity index (χ0v) is 12.8. The first-order valence-electron chi connectivity index (χ1n) is 5.62. The second-order valence-corrected chi connectivity index (χ2v) is 7.08. The number of hydrogen-bond acceptors (Lipinski definition) is 3. The fourth-order valence-corrected chi connectivity index (χ4v) is 3.64. The molecule has 112 valence electrons. The molecule has 2 rings (SSSR count). The lowest BCUT2D eigenvalue weighted by atomic mass is 10.2. The average molecular weight is 380 g/mol. The van der Waals surface area contributed by atoms with E-state index in [1.54, 1.807) is 0 Å². The second kappa shape index (κ2) is 5.69. The summed E-state index contributed by atoms with van der Waals surface area (Å²) >= 11 is 2.86. The topological polar surface area (TPSA) is 60.2 Å². The first-order valence-corrected chi connectivity index (χ1v) is 8.07. The number of rotatable bonds is 3. The second-order valence-electron chi connectivity index (χ2n) is 4.26. The zero-order valence-electron chi connectivity index (χ0n) is 10.4. The van der Waals surface area contributed by atoms with Crippen molar-refractivity contribution in [1.29, 1.82) is 0 Å². The fourth-order valence-electron chi connectivity index (χ4n) is 1.77. The highest BCUT2D eigenvalue weighted by Crippen LogP contribution is 2.28. The van der Waals surface area contributed by atoms with Crippen molar-refractivity contribution in [3.05, 3.63) is 57.8 Å². The highest BCUT2D eigenvalue weighted by atomic mass is 79.9. The van der Waals surface area contributed by atoms with Gasteiger partial charge >= 0.3 is 0 Å². The van der Waals surface area contributed by atoms with E-state index in [9.17, 15) is 21.6 Å². The Morgan fingerprint density at radius 2 is 1.76 bits per heavy atom. The van der Waals surface area contributed by atoms with Gasteiger partial charge in [0, 0.05) is 5.56 Å². The van der Waals surface area contributed by atoms with Crippen LogP contribution in [0.3, 0.4) is 0 Å². The van der Waals surface area contributed by atoms with Crippen molar-refractivity contribution in [2.24, 2.45) is 0 Å². The first kappa shape index (κ1) is 15.8. The van der Waals surface area contributed by atoms with Gasteiger partial charge in [-0.1, -0.05) is 0 Å². The van der Waals surface area contributed by atoms with Crippen LogP contribution >= 0.6 is 15.9 Å². The average Bonchev–Trinajstić information content (AvgIpc) is 2.39. The minimum absolute atomic E-state index is 0.0545. The van der Waals surface area contributed by atoms with E-state index in [0.29, 0.717) is 0 Å². The third kappa shape index (κ3) is 3.21. The molecule has 0 spiro atoms. The fraction of sp³-hybridized carbons (Fsp3) is 0.0769. The number of nitrogen functional groups attached to an aromatic ring is 1. The molecule has 0 saturated heterocycles. The van der Waals surface area contributed by atoms with Crippen molar-refractivity contribution < 1.29 is 21.6 Å². The molecule has 0 aliphatic carbocycles. The summed E-state index contributed by atoms with van der Waals surface area (Å²) in [6.45, 7) is 0. The maximum Gasteiger partial charge on any atom is 0.184 e. The molecule has 0 bridgehead atoms. The van der Waals surface area contributed by atoms with Crippen molar-refractivity contribution in [3.8, 4) is 0 Å². The Bertz CT molecular complexity index is 809. The number of hydrogen-bond donors (Lipinski definition) is 1. The molecule has 0 heterocycles. The lowest BCUT2D eigenvalue weighted by molar-refractivity contribution is 0.552. The van der Waals surface area contributed by atoms with Gasteiger partial charge in [0.15, 0.2) is 9.84 Å². The van der Waals surface area contributed by atoms with Crippen molar-refractivity contribution in [1.82, 2.24) is 0 Å². The molecule has 0 saturated carbocycles. The van der Waals surface area contributed by atoms with Crippen LogP contribution in [0.2, 0.25) is 0 Å². The van der Waals surface area contributed by atoms with Crippen LogP contribution in [-0.2, 0) is 15.6 Å². The van der Waals surface area contributed by atoms with Crippen LogP contribution in [0.15, 0.2) is 39.7 Å². The summed E-state index contributed by atoms with van der Waals surface area (Å²) in [6, 6.07) is 4.80. The molecule has 0 fully saturated rings. The molecule has 0 atom stereocenters. The Hall–Kier alpha value is -1.54. The number of benzene rings is 2. The molecule has 0 aromatic heterocycles. The highest BCUT2D eigenvalue weighted by molar-refractivity contribution is 9.10. The molecule has 0 amide bonds. The molecular formula is C13H9BrF3NO2S. The van der Waals surface area contributed by atoms with E-state index in [4.69, 9.17) is 5.73 Å². The van der Waals surface area contributed by atoms with E-state index in [2.05, 4.69) is 15.9 Å². The van der Waals surface area contributed by atoms with Crippen LogP contribution < -0.4 is 5.73 Å². The third-order valence-corrected chi connectivity index (χ3v) is 5.10. The van der Waals surface area contributed by atoms with Gasteiger partial charge in [-0.3, -0.25) is 0 Å². The van der Waals surface area contributed by atoms with Gasteiger partial charge < -0.3 is 5.73 Å². The lowest BCUT2D eigenvalue weighted by Gasteiger charge is -2.10. The summed E-state index contributed by atoms with van der Waals surface area (Å²) in [5, 5.41) is 0. The number of anilines is 1. The maximum atomic E-state index is 13.8. The molecule has 3 nitrogen and oxygen atoms in total. The Kier molecular flexibility index (Phi) is 4.29. The summed E-state index contributed by atoms with van der Waals surface area (Å²) < 4.78 is 64.7. The molecule has 0 radical (unpaired) electrons. The summed E-state index contributed by atoms with van der Waals surface area (Å²) in [4.78, 5) is -0.373. The van der Waals surface area contributed by atoms with Gasteiger partial charge in [0.2, 0.25) is 0 Å². The molecule has 2 N–H and O–H groups in total. The zero-order chi connectivity index (χ0) is 15.8. The van der Waals surface area contributed by atoms with Crippen LogP contribution in [0.4, 0.5) is 18.9 Å². The monoisotopic (exact) mass is 379 g/mol. The lowest BCUT2D eigenvalue weighted by Crippen LogP contribution is -2.11. The van der Waals surface area contributed by atoms with Crippen molar-refractivity contribution in [2.45, 2.75) is 10.6 Å². The first-order chi connectivity index (χ1) is 9.72. The Morgan fingerprint density at radius 3 is 2.38 bits per heavy atom. The molecular weight excluding hydrogens is 371 g/mol. The summed E-state index contributed by atoms with van der Waals surface area (Å²) in [7, 11) is -4.12. The SMILES string of the molecule is Nc1cc(F)ccc1S(=O)(=O)Cc1c(F)ccc(Br)c1F. The van der Waals surface area contributed by atoms with Gasteiger partial charge in [-0.25, -0.2) is 21.6 Å². The Balaban J connectivity index is 2.50. The van der Waals surface area contributed by atoms with Crippen molar-refractivity contribution in [2.75, 3.05) is 5.73 Å². The minimum atomic E-state index is -4.12. The molecule has 2 aromatic rings. The predicted octanol–water partition coefficient (Wildman–Crippen LogP) is 3.42. The summed E-state index contributed by atoms with van der Waals surface area (Å²) in [5.74, 6) is -3.61. The van der Waals surface area contributed by atoms with E-state index in [0.717, 1.165) is 30.3 Å². The standard InChI is InChI=1S/C13H9BrF3NO2S/c14-9-2-3-10(16)8(13(9)17)6-21(19,20)12-4-1-7(15)5-11(12)18/h1-5H,6,18H2. The van der Waals surface area contributed by atoms with Gasteiger partial charge in [0.05, 0.1) is 20.8 Å². The van der Waals surface area contributed by atoms with Gasteiger partial charge in [-0.2, -0.15) is 0 Å². The van der Waals surface area contributed by atoms with Gasteiger partial charge in [0.25, 0.3) is 0 Å². The van der Waals surface area contributed by atoms with Gasteiger partial charge in [-0.05, 0) is 46.3 Å². The smallest absolute Gasteiger partial charge is 0.184 e. The highest BCUT2D eigenvalue weighted by Gasteiger charge is 2.24. The predicted molar refractivity (Wildman–Crippen MR) is 75.8 cm³/mol. The largest absolute Gasteiger partial charge is 0.398 e. The van der Waals surface area contributed by atoms with Crippen molar-refractivity contribution in [3.63, 3.8) is 0 Å². The van der Waals surface area contributed by atoms with Crippen LogP contribution in [0.1, 0.15) is 5.56 Å². The van der Waals surface area contributed by atoms with E-state index in [-0.39, 0.29) is 15.1 Å². The van der Waals surface area contributed by atoms with Crippen LogP contribution in [0.5, 0.6) is 0 Å². The summed E-state index contributed by atoms with van der Waals surface area (Å²) in [5.41, 5.74) is 4.53. The van der Waals surface area contributed by atoms with E-state index in [1.807, 2.05) is 0 Å². The van der Waals surface area contributed by atoms with Crippen LogP contribution in [-0.4, -0.2) is 8.42 Å². The Labute approximate surface area is 127 Å². The number of sulfone groups is 1. The molecule has 8 heteroatoms. The van der Waals surface area contributed by atoms with E-state index < -0.39 is 38.6 Å². The van der Waals surface area contributed by atoms with E-state index in [1.165, 1.54) is 0 Å². The molecule has 2 aromatic carbocycles. The third-order valence-electron chi connectivity index (χ3n) is 2.78. The molecule has 0 aliphatic heterocycles. The minimum Gasteiger partial charge on any atom is -0.398 e. The van der Waals surface area contributed by atoms with Crippen LogP contribution in [0, 0.1) is 17.5 Å². The number of nitrogens with two attached hydrogens (primary N) is 1. The van der Waals surface area contributed by atoms with Crippen LogP contribution in [0.25, 0.3) is 0 Å². The number of halogens is 4. The molecule has 21 heavy (non-hydrogen) atoms. The Morgan fingerprint density at radius 1 is 1.10 bits per heavy atom. The maximum absolute atomic E-state index is 13.8. The summed E-state index contributed by atoms with van der Waals surface area (Å²) in [6.07, 6.45) is 0. The normalized spacial score (nSPS) is 11.6. The molecule has 0 aliphatic rings. The molecule has 0 unspecified atom stereocenters. The van der Waals surface area contributed by atoms with E-state index >= 15 is 0 Å².